The maximum atomic E-state index is 15.4. The fourth-order valence-corrected chi connectivity index (χ4v) is 4.25. The van der Waals surface area contributed by atoms with Crippen LogP contribution in [0.4, 0.5) is 14.6 Å². The predicted molar refractivity (Wildman–Crippen MR) is 123 cm³/mol. The number of nitrogens with one attached hydrogen (secondary N) is 1. The first-order valence-corrected chi connectivity index (χ1v) is 10.8. The largest absolute Gasteiger partial charge is 0.507 e. The summed E-state index contributed by atoms with van der Waals surface area (Å²) in [6, 6.07) is 6.53. The average Bonchev–Trinajstić information content (AvgIpc) is 2.80. The van der Waals surface area contributed by atoms with Gasteiger partial charge in [0.1, 0.15) is 23.1 Å². The van der Waals surface area contributed by atoms with Crippen LogP contribution in [0.15, 0.2) is 41.3 Å². The Morgan fingerprint density at radius 3 is 2.71 bits per heavy atom. The van der Waals surface area contributed by atoms with Gasteiger partial charge in [-0.1, -0.05) is 25.4 Å². The van der Waals surface area contributed by atoms with Crippen molar-refractivity contribution in [1.82, 2.24) is 24.8 Å². The van der Waals surface area contributed by atoms with E-state index in [0.29, 0.717) is 36.7 Å². The zero-order valence-corrected chi connectivity index (χ0v) is 22.8. The van der Waals surface area contributed by atoms with Gasteiger partial charge in [0, 0.05) is 67.0 Å². The Balaban J connectivity index is 0.00000289. The summed E-state index contributed by atoms with van der Waals surface area (Å²) in [5.74, 6) is -1.86. The Labute approximate surface area is 233 Å². The Hall–Kier alpha value is -2.56. The summed E-state index contributed by atoms with van der Waals surface area (Å²) < 4.78 is 31.2. The van der Waals surface area contributed by atoms with Gasteiger partial charge in [0.15, 0.2) is 11.5 Å². The molecule has 1 unspecified atom stereocenters. The van der Waals surface area contributed by atoms with E-state index in [1.807, 2.05) is 11.8 Å². The van der Waals surface area contributed by atoms with Crippen LogP contribution in [0.1, 0.15) is 12.5 Å². The molecule has 11 heteroatoms. The van der Waals surface area contributed by atoms with E-state index in [4.69, 9.17) is 0 Å². The van der Waals surface area contributed by atoms with Crippen LogP contribution in [-0.4, -0.2) is 50.3 Å². The quantitative estimate of drug-likeness (QED) is 0.348. The van der Waals surface area contributed by atoms with Crippen LogP contribution in [-0.2, 0) is 0 Å². The SMILES string of the molecule is Cc1ccn[c-]c1-n1c(=O)nc(N2CCNCC2C)c2cc(F)c(-c3c(O)cccc3F)nc21.[Pr]. The van der Waals surface area contributed by atoms with Crippen LogP contribution in [0.5, 0.6) is 5.75 Å². The summed E-state index contributed by atoms with van der Waals surface area (Å²) in [4.78, 5) is 27.9. The number of piperazine rings is 1. The molecular formula is C24H21F2N6O2Pr-. The van der Waals surface area contributed by atoms with E-state index >= 15 is 4.39 Å². The molecule has 1 fully saturated rings. The van der Waals surface area contributed by atoms with Gasteiger partial charge in [-0.2, -0.15) is 11.1 Å². The van der Waals surface area contributed by atoms with Gasteiger partial charge in [-0.15, -0.1) is 5.56 Å². The Morgan fingerprint density at radius 1 is 1.20 bits per heavy atom. The molecule has 1 aliphatic rings. The van der Waals surface area contributed by atoms with Gasteiger partial charge in [0.05, 0.1) is 10.9 Å². The van der Waals surface area contributed by atoms with Crippen LogP contribution in [0, 0.1) is 66.0 Å². The second-order valence-electron chi connectivity index (χ2n) is 8.21. The molecule has 1 aliphatic heterocycles. The molecule has 0 bridgehead atoms. The summed E-state index contributed by atoms with van der Waals surface area (Å²) in [7, 11) is 0. The number of halogens is 2. The molecule has 4 heterocycles. The minimum Gasteiger partial charge on any atom is -0.507 e. The van der Waals surface area contributed by atoms with Crippen molar-refractivity contribution in [3.05, 3.63) is 70.4 Å². The Morgan fingerprint density at radius 2 is 2.00 bits per heavy atom. The van der Waals surface area contributed by atoms with Crippen molar-refractivity contribution in [2.45, 2.75) is 19.9 Å². The standard InChI is InChI=1S/C24H21F2N6O2.Pr/c1-13-6-7-27-12-18(13)32-23-15(22(30-24(32)34)31-9-8-28-11-14(31)2)10-17(26)21(29-23)20-16(25)4-3-5-19(20)33;/h3-7,10,14,28,33H,8-9,11H2,1-2H3;/q-1;. The van der Waals surface area contributed by atoms with Crippen LogP contribution < -0.4 is 15.9 Å². The van der Waals surface area contributed by atoms with Crippen molar-refractivity contribution in [1.29, 1.82) is 0 Å². The first kappa shape index (κ1) is 25.5. The van der Waals surface area contributed by atoms with Crippen molar-refractivity contribution < 1.29 is 55.2 Å². The van der Waals surface area contributed by atoms with Gasteiger partial charge in [0.2, 0.25) is 0 Å². The van der Waals surface area contributed by atoms with Crippen LogP contribution in [0.3, 0.4) is 0 Å². The van der Waals surface area contributed by atoms with E-state index in [1.54, 1.807) is 13.0 Å². The second kappa shape index (κ2) is 10.2. The number of rotatable bonds is 3. The number of benzene rings is 1. The first-order chi connectivity index (χ1) is 16.4. The van der Waals surface area contributed by atoms with E-state index < -0.39 is 28.8 Å². The summed E-state index contributed by atoms with van der Waals surface area (Å²) in [6.07, 6.45) is 4.32. The first-order valence-electron chi connectivity index (χ1n) is 10.8. The normalized spacial score (nSPS) is 15.8. The van der Waals surface area contributed by atoms with Crippen LogP contribution in [0.25, 0.3) is 28.0 Å². The second-order valence-corrected chi connectivity index (χ2v) is 8.21. The number of aromatic nitrogens is 4. The van der Waals surface area contributed by atoms with Gasteiger partial charge in [-0.25, -0.2) is 18.6 Å². The third kappa shape index (κ3) is 4.55. The van der Waals surface area contributed by atoms with Gasteiger partial charge in [0.25, 0.3) is 0 Å². The zero-order chi connectivity index (χ0) is 24.0. The summed E-state index contributed by atoms with van der Waals surface area (Å²) in [5.41, 5.74) is -0.418. The fourth-order valence-electron chi connectivity index (χ4n) is 4.25. The van der Waals surface area contributed by atoms with E-state index in [9.17, 15) is 14.3 Å². The number of aryl methyl sites for hydroxylation is 1. The van der Waals surface area contributed by atoms with Gasteiger partial charge in [-0.3, -0.25) is 4.57 Å². The molecule has 4 aromatic rings. The summed E-state index contributed by atoms with van der Waals surface area (Å²) in [5, 5.41) is 13.8. The maximum absolute atomic E-state index is 15.4. The van der Waals surface area contributed by atoms with Crippen LogP contribution >= 0.6 is 0 Å². The molecule has 5 rings (SSSR count). The van der Waals surface area contributed by atoms with Crippen molar-refractivity contribution >= 4 is 16.9 Å². The van der Waals surface area contributed by atoms with Gasteiger partial charge >= 0.3 is 5.69 Å². The number of phenols is 1. The number of phenolic OH excluding ortho intramolecular Hbond substituents is 1. The van der Waals surface area contributed by atoms with E-state index in [-0.39, 0.29) is 63.9 Å². The average molecular weight is 604 g/mol. The number of fused-ring (bicyclic) bond motifs is 1. The third-order valence-electron chi connectivity index (χ3n) is 5.97. The molecule has 1 atom stereocenters. The van der Waals surface area contributed by atoms with Gasteiger partial charge in [-0.05, 0) is 30.8 Å². The molecule has 0 amide bonds. The topological polar surface area (TPSA) is 96.2 Å². The molecule has 2 N–H and O–H groups in total. The van der Waals surface area contributed by atoms with E-state index in [0.717, 1.165) is 6.07 Å². The molecule has 0 saturated carbocycles. The Kier molecular flexibility index (Phi) is 7.44. The maximum Gasteiger partial charge on any atom is 0.353 e. The molecular weight excluding hydrogens is 583 g/mol. The number of anilines is 1. The minimum atomic E-state index is -0.851. The predicted octanol–water partition coefficient (Wildman–Crippen LogP) is 2.73. The van der Waals surface area contributed by atoms with E-state index in [1.165, 1.54) is 29.0 Å². The van der Waals surface area contributed by atoms with Gasteiger partial charge < -0.3 is 20.3 Å². The Bertz CT molecular complexity index is 1460. The minimum absolute atomic E-state index is 0. The smallest absolute Gasteiger partial charge is 0.353 e. The monoisotopic (exact) mass is 604 g/mol. The molecule has 0 spiro atoms. The van der Waals surface area contributed by atoms with E-state index in [2.05, 4.69) is 26.5 Å². The van der Waals surface area contributed by atoms with Crippen molar-refractivity contribution in [3.63, 3.8) is 0 Å². The molecule has 1 saturated heterocycles. The number of nitrogens with zero attached hydrogens (tertiary/aromatic N) is 5. The molecule has 0 aliphatic carbocycles. The number of pyridine rings is 2. The number of hydrogen-bond donors (Lipinski definition) is 2. The van der Waals surface area contributed by atoms with Crippen molar-refractivity contribution in [3.8, 4) is 22.7 Å². The molecule has 3 aromatic heterocycles. The molecule has 1 aromatic carbocycles. The number of hydrogen-bond acceptors (Lipinski definition) is 7. The summed E-state index contributed by atoms with van der Waals surface area (Å²) in [6.45, 7) is 5.63. The molecule has 35 heavy (non-hydrogen) atoms. The zero-order valence-electron chi connectivity index (χ0n) is 19.1. The van der Waals surface area contributed by atoms with Crippen LogP contribution in [0.2, 0.25) is 0 Å². The van der Waals surface area contributed by atoms with Crippen molar-refractivity contribution in [2.24, 2.45) is 0 Å². The number of aromatic hydroxyl groups is 1. The van der Waals surface area contributed by atoms with Crippen molar-refractivity contribution in [2.75, 3.05) is 24.5 Å². The summed E-state index contributed by atoms with van der Waals surface area (Å²) >= 11 is 0. The molecule has 177 valence electrons. The molecule has 8 nitrogen and oxygen atoms in total. The fraction of sp³-hybridized carbons (Fsp3) is 0.250. The molecule has 1 radical (unpaired) electrons. The third-order valence-corrected chi connectivity index (χ3v) is 5.97.